The predicted molar refractivity (Wildman–Crippen MR) is 130 cm³/mol. The van der Waals surface area contributed by atoms with Crippen molar-refractivity contribution in [1.29, 1.82) is 0 Å². The highest BCUT2D eigenvalue weighted by Gasteiger charge is 2.25. The van der Waals surface area contributed by atoms with Crippen molar-refractivity contribution in [1.82, 2.24) is 24.4 Å². The van der Waals surface area contributed by atoms with Crippen LogP contribution >= 0.6 is 11.8 Å². The second kappa shape index (κ2) is 9.91. The molecule has 33 heavy (non-hydrogen) atoms. The normalized spacial score (nSPS) is 17.5. The van der Waals surface area contributed by atoms with Crippen molar-refractivity contribution in [3.63, 3.8) is 0 Å². The molecule has 2 aromatic heterocycles. The fourth-order valence-corrected chi connectivity index (χ4v) is 5.69. The van der Waals surface area contributed by atoms with Crippen LogP contribution in [0, 0.1) is 0 Å². The number of para-hydroxylation sites is 1. The third kappa shape index (κ3) is 4.73. The molecule has 1 aromatic carbocycles. The maximum absolute atomic E-state index is 13.4. The van der Waals surface area contributed by atoms with Crippen molar-refractivity contribution in [2.24, 2.45) is 0 Å². The minimum Gasteiger partial charge on any atom is -0.338 e. The number of nitrogens with zero attached hydrogens (tertiary/aromatic N) is 6. The SMILES string of the molecule is O=C(CSc1nc2ccccc2c(=O)n1C1CCCCC1)N1CCN(c2ncccn2)CC1. The lowest BCUT2D eigenvalue weighted by molar-refractivity contribution is -0.128. The molecule has 0 atom stereocenters. The number of carbonyl (C=O) groups is 1. The average molecular weight is 465 g/mol. The Labute approximate surface area is 197 Å². The molecule has 2 fully saturated rings. The third-order valence-corrected chi connectivity index (χ3v) is 7.44. The van der Waals surface area contributed by atoms with Gasteiger partial charge in [0.2, 0.25) is 11.9 Å². The number of benzene rings is 1. The highest BCUT2D eigenvalue weighted by atomic mass is 32.2. The standard InChI is InChI=1S/C24H28N6O2S/c31-21(28-13-15-29(16-14-28)23-25-11-6-12-26-23)17-33-24-27-20-10-5-4-9-19(20)22(32)30(24)18-7-2-1-3-8-18/h4-6,9-12,18H,1-3,7-8,13-17H2. The number of carbonyl (C=O) groups excluding carboxylic acids is 1. The van der Waals surface area contributed by atoms with Gasteiger partial charge in [0, 0.05) is 44.6 Å². The minimum atomic E-state index is 0.0129. The Balaban J connectivity index is 1.30. The summed E-state index contributed by atoms with van der Waals surface area (Å²) in [6, 6.07) is 9.46. The van der Waals surface area contributed by atoms with Crippen molar-refractivity contribution in [3.8, 4) is 0 Å². The van der Waals surface area contributed by atoms with Gasteiger partial charge in [-0.2, -0.15) is 0 Å². The first-order valence-electron chi connectivity index (χ1n) is 11.6. The van der Waals surface area contributed by atoms with Crippen LogP contribution in [-0.4, -0.2) is 62.3 Å². The number of hydrogen-bond acceptors (Lipinski definition) is 7. The van der Waals surface area contributed by atoms with Crippen LogP contribution in [0.2, 0.25) is 0 Å². The van der Waals surface area contributed by atoms with Gasteiger partial charge in [0.1, 0.15) is 0 Å². The topological polar surface area (TPSA) is 84.2 Å². The zero-order chi connectivity index (χ0) is 22.6. The molecular formula is C24H28N6O2S. The van der Waals surface area contributed by atoms with E-state index in [2.05, 4.69) is 14.9 Å². The van der Waals surface area contributed by atoms with E-state index < -0.39 is 0 Å². The number of amides is 1. The largest absolute Gasteiger partial charge is 0.338 e. The summed E-state index contributed by atoms with van der Waals surface area (Å²) >= 11 is 1.39. The van der Waals surface area contributed by atoms with Crippen LogP contribution in [-0.2, 0) is 4.79 Å². The van der Waals surface area contributed by atoms with Gasteiger partial charge in [-0.05, 0) is 31.0 Å². The van der Waals surface area contributed by atoms with E-state index in [1.54, 1.807) is 18.5 Å². The first kappa shape index (κ1) is 21.9. The van der Waals surface area contributed by atoms with E-state index in [0.29, 0.717) is 48.2 Å². The van der Waals surface area contributed by atoms with Gasteiger partial charge in [0.25, 0.3) is 5.56 Å². The van der Waals surface area contributed by atoms with Gasteiger partial charge >= 0.3 is 0 Å². The molecular weight excluding hydrogens is 436 g/mol. The van der Waals surface area contributed by atoms with E-state index in [1.165, 1.54) is 18.2 Å². The molecule has 0 N–H and O–H groups in total. The van der Waals surface area contributed by atoms with Crippen LogP contribution in [0.25, 0.3) is 10.9 Å². The molecule has 2 aliphatic rings. The molecule has 1 aliphatic carbocycles. The third-order valence-electron chi connectivity index (χ3n) is 6.51. The molecule has 1 saturated carbocycles. The lowest BCUT2D eigenvalue weighted by Gasteiger charge is -2.34. The lowest BCUT2D eigenvalue weighted by atomic mass is 9.95. The van der Waals surface area contributed by atoms with E-state index in [1.807, 2.05) is 33.7 Å². The van der Waals surface area contributed by atoms with Crippen LogP contribution in [0.15, 0.2) is 52.7 Å². The van der Waals surface area contributed by atoms with Crippen molar-refractivity contribution in [2.45, 2.75) is 43.3 Å². The molecule has 1 aliphatic heterocycles. The Morgan fingerprint density at radius 3 is 2.45 bits per heavy atom. The van der Waals surface area contributed by atoms with Crippen molar-refractivity contribution in [2.75, 3.05) is 36.8 Å². The Morgan fingerprint density at radius 2 is 1.70 bits per heavy atom. The maximum Gasteiger partial charge on any atom is 0.262 e. The fraction of sp³-hybridized carbons (Fsp3) is 0.458. The van der Waals surface area contributed by atoms with Crippen LogP contribution in [0.1, 0.15) is 38.1 Å². The number of anilines is 1. The molecule has 3 heterocycles. The fourth-order valence-electron chi connectivity index (χ4n) is 4.72. The quantitative estimate of drug-likeness (QED) is 0.424. The van der Waals surface area contributed by atoms with Gasteiger partial charge in [-0.15, -0.1) is 0 Å². The highest BCUT2D eigenvalue weighted by molar-refractivity contribution is 7.99. The lowest BCUT2D eigenvalue weighted by Crippen LogP contribution is -2.49. The van der Waals surface area contributed by atoms with Gasteiger partial charge in [-0.1, -0.05) is 43.2 Å². The number of rotatable bonds is 5. The summed E-state index contributed by atoms with van der Waals surface area (Å²) in [5.41, 5.74) is 0.708. The summed E-state index contributed by atoms with van der Waals surface area (Å²) in [4.78, 5) is 43.8. The maximum atomic E-state index is 13.4. The Bertz CT molecular complexity index is 1170. The van der Waals surface area contributed by atoms with Crippen molar-refractivity contribution in [3.05, 3.63) is 53.1 Å². The molecule has 1 amide bonds. The molecule has 0 bridgehead atoms. The number of fused-ring (bicyclic) bond motifs is 1. The van der Waals surface area contributed by atoms with E-state index in [-0.39, 0.29) is 23.3 Å². The molecule has 0 spiro atoms. The van der Waals surface area contributed by atoms with Crippen molar-refractivity contribution < 1.29 is 4.79 Å². The summed E-state index contributed by atoms with van der Waals surface area (Å²) in [6.07, 6.45) is 8.92. The molecule has 3 aromatic rings. The summed E-state index contributed by atoms with van der Waals surface area (Å²) in [6.45, 7) is 2.69. The van der Waals surface area contributed by atoms with E-state index >= 15 is 0 Å². The van der Waals surface area contributed by atoms with Crippen LogP contribution in [0.5, 0.6) is 0 Å². The Kier molecular flexibility index (Phi) is 6.57. The monoisotopic (exact) mass is 464 g/mol. The van der Waals surface area contributed by atoms with Crippen molar-refractivity contribution >= 4 is 34.5 Å². The van der Waals surface area contributed by atoms with Gasteiger partial charge in [-0.3, -0.25) is 14.2 Å². The first-order chi connectivity index (χ1) is 16.2. The second-order valence-electron chi connectivity index (χ2n) is 8.58. The molecule has 0 unspecified atom stereocenters. The summed E-state index contributed by atoms with van der Waals surface area (Å²) < 4.78 is 1.87. The van der Waals surface area contributed by atoms with Gasteiger partial charge < -0.3 is 9.80 Å². The summed E-state index contributed by atoms with van der Waals surface area (Å²) in [7, 11) is 0. The molecule has 5 rings (SSSR count). The predicted octanol–water partition coefficient (Wildman–Crippen LogP) is 3.13. The van der Waals surface area contributed by atoms with E-state index in [0.717, 1.165) is 25.7 Å². The first-order valence-corrected chi connectivity index (χ1v) is 12.6. The van der Waals surface area contributed by atoms with Gasteiger partial charge in [0.15, 0.2) is 5.16 Å². The Morgan fingerprint density at radius 1 is 0.970 bits per heavy atom. The van der Waals surface area contributed by atoms with E-state index in [4.69, 9.17) is 4.98 Å². The Hall–Kier alpha value is -2.94. The number of hydrogen-bond donors (Lipinski definition) is 0. The zero-order valence-corrected chi connectivity index (χ0v) is 19.4. The summed E-state index contributed by atoms with van der Waals surface area (Å²) in [5, 5.41) is 1.31. The smallest absolute Gasteiger partial charge is 0.262 e. The van der Waals surface area contributed by atoms with Gasteiger partial charge in [0.05, 0.1) is 16.7 Å². The van der Waals surface area contributed by atoms with Crippen LogP contribution in [0.4, 0.5) is 5.95 Å². The van der Waals surface area contributed by atoms with Crippen LogP contribution < -0.4 is 10.5 Å². The molecule has 8 nitrogen and oxygen atoms in total. The minimum absolute atomic E-state index is 0.0129. The number of aromatic nitrogens is 4. The molecule has 172 valence electrons. The zero-order valence-electron chi connectivity index (χ0n) is 18.6. The molecule has 0 radical (unpaired) electrons. The second-order valence-corrected chi connectivity index (χ2v) is 9.53. The van der Waals surface area contributed by atoms with Gasteiger partial charge in [-0.25, -0.2) is 15.0 Å². The van der Waals surface area contributed by atoms with E-state index in [9.17, 15) is 9.59 Å². The van der Waals surface area contributed by atoms with Crippen LogP contribution in [0.3, 0.4) is 0 Å². The highest BCUT2D eigenvalue weighted by Crippen LogP contribution is 2.31. The molecule has 1 saturated heterocycles. The number of thioether (sulfide) groups is 1. The average Bonchev–Trinajstić information content (AvgIpc) is 2.88. The summed E-state index contributed by atoms with van der Waals surface area (Å²) in [5.74, 6) is 1.06. The molecule has 9 heteroatoms. The number of piperazine rings is 1.